The van der Waals surface area contributed by atoms with E-state index in [4.69, 9.17) is 16.9 Å². The van der Waals surface area contributed by atoms with Crippen LogP contribution in [-0.4, -0.2) is 19.7 Å². The van der Waals surface area contributed by atoms with E-state index >= 15 is 0 Å². The Morgan fingerprint density at radius 3 is 2.67 bits per heavy atom. The van der Waals surface area contributed by atoms with Gasteiger partial charge < -0.3 is 9.47 Å². The van der Waals surface area contributed by atoms with Crippen molar-refractivity contribution < 1.29 is 23.0 Å². The third kappa shape index (κ3) is 2.87. The van der Waals surface area contributed by atoms with E-state index in [1.165, 1.54) is 12.1 Å². The molecule has 0 saturated carbocycles. The SMILES string of the molecule is COC(=O)c1c(C#N)ccc(CCl)c1OC(F)F. The van der Waals surface area contributed by atoms with Crippen LogP contribution in [0, 0.1) is 11.3 Å². The highest BCUT2D eigenvalue weighted by Crippen LogP contribution is 2.30. The minimum Gasteiger partial charge on any atom is -0.465 e. The van der Waals surface area contributed by atoms with E-state index < -0.39 is 18.3 Å². The second-order valence-electron chi connectivity index (χ2n) is 3.09. The monoisotopic (exact) mass is 275 g/mol. The van der Waals surface area contributed by atoms with E-state index in [-0.39, 0.29) is 22.6 Å². The average molecular weight is 276 g/mol. The van der Waals surface area contributed by atoms with Crippen LogP contribution in [-0.2, 0) is 10.6 Å². The summed E-state index contributed by atoms with van der Waals surface area (Å²) in [7, 11) is 1.07. The molecule has 0 radical (unpaired) electrons. The molecule has 1 aromatic rings. The van der Waals surface area contributed by atoms with Gasteiger partial charge in [0.25, 0.3) is 0 Å². The van der Waals surface area contributed by atoms with Crippen LogP contribution >= 0.6 is 11.6 Å². The van der Waals surface area contributed by atoms with Crippen molar-refractivity contribution in [3.63, 3.8) is 0 Å². The molecule has 7 heteroatoms. The largest absolute Gasteiger partial charge is 0.465 e. The number of methoxy groups -OCH3 is 1. The molecule has 0 aliphatic carbocycles. The zero-order valence-corrected chi connectivity index (χ0v) is 10.0. The Morgan fingerprint density at radius 2 is 2.22 bits per heavy atom. The number of hydrogen-bond donors (Lipinski definition) is 0. The highest BCUT2D eigenvalue weighted by atomic mass is 35.5. The number of alkyl halides is 3. The Bertz CT molecular complexity index is 500. The quantitative estimate of drug-likeness (QED) is 0.626. The van der Waals surface area contributed by atoms with Crippen LogP contribution in [0.3, 0.4) is 0 Å². The first-order valence-electron chi connectivity index (χ1n) is 4.70. The van der Waals surface area contributed by atoms with Crippen molar-refractivity contribution in [1.82, 2.24) is 0 Å². The zero-order chi connectivity index (χ0) is 13.7. The summed E-state index contributed by atoms with van der Waals surface area (Å²) < 4.78 is 33.3. The lowest BCUT2D eigenvalue weighted by atomic mass is 10.0. The molecule has 18 heavy (non-hydrogen) atoms. The Labute approximate surface area is 107 Å². The molecule has 0 aromatic heterocycles. The Kier molecular flexibility index (Phi) is 4.86. The molecule has 0 aliphatic rings. The molecule has 4 nitrogen and oxygen atoms in total. The number of carbonyl (C=O) groups excluding carboxylic acids is 1. The first-order chi connectivity index (χ1) is 8.54. The lowest BCUT2D eigenvalue weighted by molar-refractivity contribution is -0.0509. The summed E-state index contributed by atoms with van der Waals surface area (Å²) in [6.07, 6.45) is 0. The molecular formula is C11H8ClF2NO3. The van der Waals surface area contributed by atoms with Gasteiger partial charge in [-0.15, -0.1) is 11.6 Å². The molecule has 0 heterocycles. The van der Waals surface area contributed by atoms with Crippen molar-refractivity contribution in [2.45, 2.75) is 12.5 Å². The van der Waals surface area contributed by atoms with Gasteiger partial charge in [-0.05, 0) is 6.07 Å². The van der Waals surface area contributed by atoms with Crippen LogP contribution in [0.15, 0.2) is 12.1 Å². The molecule has 0 fully saturated rings. The van der Waals surface area contributed by atoms with Gasteiger partial charge in [-0.3, -0.25) is 0 Å². The highest BCUT2D eigenvalue weighted by molar-refractivity contribution is 6.17. The fourth-order valence-electron chi connectivity index (χ4n) is 1.35. The number of ether oxygens (including phenoxy) is 2. The maximum atomic E-state index is 12.3. The van der Waals surface area contributed by atoms with Gasteiger partial charge in [-0.25, -0.2) is 4.79 Å². The maximum Gasteiger partial charge on any atom is 0.387 e. The third-order valence-electron chi connectivity index (χ3n) is 2.10. The second kappa shape index (κ2) is 6.17. The first-order valence-corrected chi connectivity index (χ1v) is 5.23. The van der Waals surface area contributed by atoms with Crippen LogP contribution in [0.5, 0.6) is 5.75 Å². The summed E-state index contributed by atoms with van der Waals surface area (Å²) in [4.78, 5) is 11.5. The normalized spacial score (nSPS) is 10.0. The van der Waals surface area contributed by atoms with Gasteiger partial charge in [0, 0.05) is 5.56 Å². The number of nitrogens with zero attached hydrogens (tertiary/aromatic N) is 1. The number of esters is 1. The topological polar surface area (TPSA) is 59.3 Å². The van der Waals surface area contributed by atoms with E-state index in [9.17, 15) is 13.6 Å². The fraction of sp³-hybridized carbons (Fsp3) is 0.273. The predicted octanol–water partition coefficient (Wildman–Crippen LogP) is 2.69. The minimum absolute atomic E-state index is 0.119. The summed E-state index contributed by atoms with van der Waals surface area (Å²) in [6.45, 7) is -3.13. The lowest BCUT2D eigenvalue weighted by Crippen LogP contribution is -2.13. The summed E-state index contributed by atoms with van der Waals surface area (Å²) >= 11 is 5.57. The fourth-order valence-corrected chi connectivity index (χ4v) is 1.56. The van der Waals surface area contributed by atoms with Gasteiger partial charge in [0.2, 0.25) is 0 Å². The van der Waals surface area contributed by atoms with E-state index in [0.717, 1.165) is 7.11 Å². The van der Waals surface area contributed by atoms with Crippen molar-refractivity contribution >= 4 is 17.6 Å². The van der Waals surface area contributed by atoms with E-state index in [0.29, 0.717) is 0 Å². The third-order valence-corrected chi connectivity index (χ3v) is 2.39. The van der Waals surface area contributed by atoms with E-state index in [1.807, 2.05) is 0 Å². The van der Waals surface area contributed by atoms with Gasteiger partial charge in [-0.2, -0.15) is 14.0 Å². The van der Waals surface area contributed by atoms with Crippen molar-refractivity contribution in [2.75, 3.05) is 7.11 Å². The Balaban J connectivity index is 3.48. The maximum absolute atomic E-state index is 12.3. The van der Waals surface area contributed by atoms with Gasteiger partial charge in [0.15, 0.2) is 0 Å². The van der Waals surface area contributed by atoms with Gasteiger partial charge in [0.05, 0.1) is 18.6 Å². The van der Waals surface area contributed by atoms with E-state index in [1.54, 1.807) is 6.07 Å². The molecule has 0 spiro atoms. The molecule has 0 N–H and O–H groups in total. The highest BCUT2D eigenvalue weighted by Gasteiger charge is 2.23. The zero-order valence-electron chi connectivity index (χ0n) is 9.25. The van der Waals surface area contributed by atoms with Crippen LogP contribution in [0.1, 0.15) is 21.5 Å². The van der Waals surface area contributed by atoms with Crippen LogP contribution < -0.4 is 4.74 Å². The molecule has 1 aromatic carbocycles. The van der Waals surface area contributed by atoms with Gasteiger partial charge in [0.1, 0.15) is 17.4 Å². The van der Waals surface area contributed by atoms with Crippen molar-refractivity contribution in [1.29, 1.82) is 5.26 Å². The van der Waals surface area contributed by atoms with Gasteiger partial charge >= 0.3 is 12.6 Å². The van der Waals surface area contributed by atoms with Crippen LogP contribution in [0.25, 0.3) is 0 Å². The summed E-state index contributed by atoms with van der Waals surface area (Å²) in [5.74, 6) is -1.50. The molecule has 0 saturated heterocycles. The number of halogens is 3. The molecule has 0 atom stereocenters. The molecule has 0 unspecified atom stereocenters. The van der Waals surface area contributed by atoms with Crippen molar-refractivity contribution in [3.8, 4) is 11.8 Å². The number of nitriles is 1. The number of hydrogen-bond acceptors (Lipinski definition) is 4. The number of benzene rings is 1. The number of rotatable bonds is 4. The lowest BCUT2D eigenvalue weighted by Gasteiger charge is -2.13. The van der Waals surface area contributed by atoms with E-state index in [2.05, 4.69) is 9.47 Å². The summed E-state index contributed by atoms with van der Waals surface area (Å²) in [5, 5.41) is 8.85. The minimum atomic E-state index is -3.13. The second-order valence-corrected chi connectivity index (χ2v) is 3.36. The molecular weight excluding hydrogens is 268 g/mol. The Morgan fingerprint density at radius 1 is 1.56 bits per heavy atom. The standard InChI is InChI=1S/C11H8ClF2NO3/c1-17-10(16)8-7(5-15)3-2-6(4-12)9(8)18-11(13)14/h2-3,11H,4H2,1H3. The van der Waals surface area contributed by atoms with Crippen LogP contribution in [0.2, 0.25) is 0 Å². The first kappa shape index (κ1) is 14.2. The molecule has 1 rings (SSSR count). The molecule has 0 amide bonds. The molecule has 0 bridgehead atoms. The van der Waals surface area contributed by atoms with Gasteiger partial charge in [-0.1, -0.05) is 6.07 Å². The van der Waals surface area contributed by atoms with Crippen molar-refractivity contribution in [3.05, 3.63) is 28.8 Å². The van der Waals surface area contributed by atoms with Crippen molar-refractivity contribution in [2.24, 2.45) is 0 Å². The van der Waals surface area contributed by atoms with Crippen LogP contribution in [0.4, 0.5) is 8.78 Å². The predicted molar refractivity (Wildman–Crippen MR) is 58.7 cm³/mol. The molecule has 96 valence electrons. The smallest absolute Gasteiger partial charge is 0.387 e. The summed E-state index contributed by atoms with van der Waals surface area (Å²) in [6, 6.07) is 4.34. The average Bonchev–Trinajstić information content (AvgIpc) is 2.36. The number of carbonyl (C=O) groups is 1. The summed E-state index contributed by atoms with van der Waals surface area (Å²) in [5.41, 5.74) is -0.291. The Hall–Kier alpha value is -1.87. The molecule has 0 aliphatic heterocycles.